The van der Waals surface area contributed by atoms with Crippen molar-refractivity contribution in [2.75, 3.05) is 18.5 Å². The third-order valence-corrected chi connectivity index (χ3v) is 4.61. The van der Waals surface area contributed by atoms with Crippen LogP contribution in [0.4, 0.5) is 5.82 Å². The molecule has 0 bridgehead atoms. The monoisotopic (exact) mass is 334 g/mol. The minimum absolute atomic E-state index is 0.00350. The van der Waals surface area contributed by atoms with Gasteiger partial charge in [-0.3, -0.25) is 13.9 Å². The number of nitriles is 1. The van der Waals surface area contributed by atoms with Gasteiger partial charge >= 0.3 is 5.69 Å². The first kappa shape index (κ1) is 18.3. The van der Waals surface area contributed by atoms with Crippen LogP contribution in [-0.2, 0) is 18.8 Å². The van der Waals surface area contributed by atoms with Crippen LogP contribution in [0.5, 0.6) is 0 Å². The van der Waals surface area contributed by atoms with Crippen molar-refractivity contribution >= 4 is 5.82 Å². The van der Waals surface area contributed by atoms with Gasteiger partial charge in [0.25, 0.3) is 5.56 Å². The Kier molecular flexibility index (Phi) is 5.19. The Morgan fingerprint density at radius 3 is 2.54 bits per heavy atom. The normalized spacial score (nSPS) is 21.3. The summed E-state index contributed by atoms with van der Waals surface area (Å²) in [5, 5.41) is 12.5. The van der Waals surface area contributed by atoms with Gasteiger partial charge in [0.05, 0.1) is 6.10 Å². The van der Waals surface area contributed by atoms with E-state index in [1.54, 1.807) is 7.05 Å². The second-order valence-electron chi connectivity index (χ2n) is 7.48. The first-order chi connectivity index (χ1) is 11.2. The van der Waals surface area contributed by atoms with Gasteiger partial charge in [-0.05, 0) is 18.3 Å². The third-order valence-electron chi connectivity index (χ3n) is 4.61. The molecule has 0 aromatic carbocycles. The van der Waals surface area contributed by atoms with Gasteiger partial charge in [-0.15, -0.1) is 0 Å². The van der Waals surface area contributed by atoms with Crippen LogP contribution in [0.25, 0.3) is 0 Å². The Bertz CT molecular complexity index is 764. The van der Waals surface area contributed by atoms with Gasteiger partial charge in [-0.1, -0.05) is 20.8 Å². The number of aromatic nitrogens is 2. The molecule has 1 N–H and O–H groups in total. The molecule has 2 atom stereocenters. The molecule has 1 aromatic heterocycles. The molecule has 2 unspecified atom stereocenters. The summed E-state index contributed by atoms with van der Waals surface area (Å²) < 4.78 is 8.22. The maximum Gasteiger partial charge on any atom is 0.332 e. The summed E-state index contributed by atoms with van der Waals surface area (Å²) in [4.78, 5) is 24.2. The molecule has 24 heavy (non-hydrogen) atoms. The van der Waals surface area contributed by atoms with Crippen LogP contribution < -0.4 is 16.6 Å². The highest BCUT2D eigenvalue weighted by molar-refractivity contribution is 5.51. The lowest BCUT2D eigenvalue weighted by Gasteiger charge is -2.40. The Morgan fingerprint density at radius 1 is 1.29 bits per heavy atom. The zero-order valence-electron chi connectivity index (χ0n) is 15.0. The summed E-state index contributed by atoms with van der Waals surface area (Å²) in [7, 11) is 2.93. The van der Waals surface area contributed by atoms with E-state index in [1.807, 2.05) is 6.07 Å². The topological polar surface area (TPSA) is 89.1 Å². The van der Waals surface area contributed by atoms with Crippen LogP contribution in [0.3, 0.4) is 0 Å². The van der Waals surface area contributed by atoms with Crippen LogP contribution >= 0.6 is 0 Å². The quantitative estimate of drug-likeness (QED) is 0.897. The second kappa shape index (κ2) is 6.81. The number of hydrogen-bond acceptors (Lipinski definition) is 5. The predicted molar refractivity (Wildman–Crippen MR) is 92.0 cm³/mol. The van der Waals surface area contributed by atoms with E-state index in [1.165, 1.54) is 11.6 Å². The fourth-order valence-corrected chi connectivity index (χ4v) is 3.39. The lowest BCUT2D eigenvalue weighted by molar-refractivity contribution is -0.0814. The van der Waals surface area contributed by atoms with Crippen LogP contribution in [0, 0.1) is 22.7 Å². The summed E-state index contributed by atoms with van der Waals surface area (Å²) in [6.45, 7) is 7.74. The molecule has 2 heterocycles. The molecule has 2 rings (SSSR count). The molecule has 0 saturated carbocycles. The Balaban J connectivity index is 2.31. The summed E-state index contributed by atoms with van der Waals surface area (Å²) in [6, 6.07) is 1.92. The Labute approximate surface area is 141 Å². The zero-order valence-corrected chi connectivity index (χ0v) is 15.0. The molecule has 132 valence electrons. The van der Waals surface area contributed by atoms with E-state index in [9.17, 15) is 14.9 Å². The molecule has 0 radical (unpaired) electrons. The number of ether oxygens (including phenoxy) is 1. The minimum Gasteiger partial charge on any atom is -0.377 e. The minimum atomic E-state index is -0.574. The Hall–Kier alpha value is -2.07. The largest absolute Gasteiger partial charge is 0.377 e. The predicted octanol–water partition coefficient (Wildman–Crippen LogP) is 1.21. The molecular weight excluding hydrogens is 308 g/mol. The second-order valence-corrected chi connectivity index (χ2v) is 7.48. The molecule has 7 heteroatoms. The number of anilines is 1. The van der Waals surface area contributed by atoms with Gasteiger partial charge in [0.15, 0.2) is 5.56 Å². The first-order valence-electron chi connectivity index (χ1n) is 8.24. The molecule has 1 aliphatic heterocycles. The van der Waals surface area contributed by atoms with E-state index in [0.29, 0.717) is 6.54 Å². The summed E-state index contributed by atoms with van der Waals surface area (Å²) >= 11 is 0. The van der Waals surface area contributed by atoms with Crippen molar-refractivity contribution < 1.29 is 4.74 Å². The highest BCUT2D eigenvalue weighted by Crippen LogP contribution is 2.34. The Morgan fingerprint density at radius 2 is 1.96 bits per heavy atom. The smallest absolute Gasteiger partial charge is 0.332 e. The third kappa shape index (κ3) is 3.39. The number of nitrogens with one attached hydrogen (secondary N) is 1. The van der Waals surface area contributed by atoms with Gasteiger partial charge in [0.1, 0.15) is 11.9 Å². The molecule has 0 aliphatic carbocycles. The van der Waals surface area contributed by atoms with Crippen molar-refractivity contribution in [1.82, 2.24) is 9.13 Å². The summed E-state index contributed by atoms with van der Waals surface area (Å²) in [6.07, 6.45) is 2.09. The lowest BCUT2D eigenvalue weighted by Crippen LogP contribution is -2.44. The van der Waals surface area contributed by atoms with Crippen molar-refractivity contribution in [2.45, 2.75) is 39.7 Å². The van der Waals surface area contributed by atoms with E-state index in [0.717, 1.165) is 24.0 Å². The summed E-state index contributed by atoms with van der Waals surface area (Å²) in [5.74, 6) is 0.535. The van der Waals surface area contributed by atoms with Crippen molar-refractivity contribution in [2.24, 2.45) is 25.4 Å². The van der Waals surface area contributed by atoms with E-state index in [2.05, 4.69) is 26.1 Å². The highest BCUT2D eigenvalue weighted by atomic mass is 16.5. The van der Waals surface area contributed by atoms with Crippen LogP contribution in [-0.4, -0.2) is 28.4 Å². The van der Waals surface area contributed by atoms with Gasteiger partial charge in [-0.25, -0.2) is 4.79 Å². The molecule has 0 amide bonds. The summed E-state index contributed by atoms with van der Waals surface area (Å²) in [5.41, 5.74) is -1.06. The van der Waals surface area contributed by atoms with Crippen LogP contribution in [0.15, 0.2) is 9.59 Å². The average molecular weight is 334 g/mol. The van der Waals surface area contributed by atoms with E-state index >= 15 is 0 Å². The van der Waals surface area contributed by atoms with Gasteiger partial charge in [0, 0.05) is 33.2 Å². The van der Waals surface area contributed by atoms with Crippen molar-refractivity contribution in [3.63, 3.8) is 0 Å². The highest BCUT2D eigenvalue weighted by Gasteiger charge is 2.35. The molecular formula is C17H26N4O3. The molecule has 1 saturated heterocycles. The molecule has 1 aliphatic rings. The van der Waals surface area contributed by atoms with Crippen molar-refractivity contribution in [3.8, 4) is 6.07 Å². The zero-order chi connectivity index (χ0) is 18.1. The maximum absolute atomic E-state index is 12.1. The van der Waals surface area contributed by atoms with E-state index < -0.39 is 11.2 Å². The van der Waals surface area contributed by atoms with Crippen molar-refractivity contribution in [3.05, 3.63) is 26.4 Å². The molecule has 0 spiro atoms. The van der Waals surface area contributed by atoms with Gasteiger partial charge in [-0.2, -0.15) is 5.26 Å². The van der Waals surface area contributed by atoms with E-state index in [4.69, 9.17) is 4.74 Å². The SMILES string of the molecule is Cn1c(NCC2CCCOC2C(C)(C)C)c(C#N)c(=O)n(C)c1=O. The number of hydrogen-bond donors (Lipinski definition) is 1. The number of nitrogens with zero attached hydrogens (tertiary/aromatic N) is 3. The van der Waals surface area contributed by atoms with Gasteiger partial charge < -0.3 is 10.1 Å². The maximum atomic E-state index is 12.1. The fraction of sp³-hybridized carbons (Fsp3) is 0.706. The standard InChI is InChI=1S/C17H26N4O3/c1-17(2,3)13-11(7-6-8-24-13)10-19-14-12(9-18)15(22)21(5)16(23)20(14)4/h11,13,19H,6-8,10H2,1-5H3. The average Bonchev–Trinajstić information content (AvgIpc) is 2.54. The lowest BCUT2D eigenvalue weighted by atomic mass is 9.78. The van der Waals surface area contributed by atoms with Crippen LogP contribution in [0.2, 0.25) is 0 Å². The first-order valence-corrected chi connectivity index (χ1v) is 8.24. The van der Waals surface area contributed by atoms with Crippen LogP contribution in [0.1, 0.15) is 39.2 Å². The number of rotatable bonds is 3. The van der Waals surface area contributed by atoms with Crippen molar-refractivity contribution in [1.29, 1.82) is 5.26 Å². The fourth-order valence-electron chi connectivity index (χ4n) is 3.39. The molecule has 1 aromatic rings. The molecule has 7 nitrogen and oxygen atoms in total. The van der Waals surface area contributed by atoms with E-state index in [-0.39, 0.29) is 28.8 Å². The van der Waals surface area contributed by atoms with Gasteiger partial charge in [0.2, 0.25) is 0 Å². The molecule has 1 fully saturated rings.